The Morgan fingerprint density at radius 3 is 2.46 bits per heavy atom. The molecule has 0 heterocycles. The maximum Gasteiger partial charge on any atom is 0.207 e. The molecule has 0 N–H and O–H groups in total. The van der Waals surface area contributed by atoms with Gasteiger partial charge in [0.25, 0.3) is 0 Å². The first kappa shape index (κ1) is 10.6. The van der Waals surface area contributed by atoms with Gasteiger partial charge in [-0.15, -0.1) is 0 Å². The first-order valence-corrected chi connectivity index (χ1v) is 3.91. The normalized spacial score (nSPS) is 27.2. The topological polar surface area (TPSA) is 17.1 Å². The molecule has 13 heavy (non-hydrogen) atoms. The molecule has 0 spiro atoms. The van der Waals surface area contributed by atoms with E-state index in [1.807, 2.05) is 0 Å². The highest BCUT2D eigenvalue weighted by molar-refractivity contribution is 6.51. The molecule has 72 valence electrons. The first-order valence-electron chi connectivity index (χ1n) is 3.15. The Bertz CT molecular complexity index is 309. The molecule has 0 radical (unpaired) electrons. The third kappa shape index (κ3) is 1.60. The van der Waals surface area contributed by atoms with E-state index in [0.717, 1.165) is 0 Å². The minimum absolute atomic E-state index is 0.0379. The highest BCUT2D eigenvalue weighted by atomic mass is 35.5. The molecule has 0 bridgehead atoms. The van der Waals surface area contributed by atoms with Crippen molar-refractivity contribution < 1.29 is 18.0 Å². The van der Waals surface area contributed by atoms with E-state index in [2.05, 4.69) is 0 Å². The Morgan fingerprint density at radius 2 is 2.00 bits per heavy atom. The fourth-order valence-corrected chi connectivity index (χ4v) is 1.29. The molecule has 0 saturated carbocycles. The van der Waals surface area contributed by atoms with Gasteiger partial charge in [-0.1, -0.05) is 23.2 Å². The fourth-order valence-electron chi connectivity index (χ4n) is 0.856. The van der Waals surface area contributed by atoms with Crippen molar-refractivity contribution in [2.24, 2.45) is 0 Å². The lowest BCUT2D eigenvalue weighted by molar-refractivity contribution is -0.105. The van der Waals surface area contributed by atoms with Crippen molar-refractivity contribution in [3.63, 3.8) is 0 Å². The monoisotopic (exact) mass is 230 g/mol. The van der Waals surface area contributed by atoms with Crippen molar-refractivity contribution in [3.8, 4) is 0 Å². The number of allylic oxidation sites excluding steroid dienone is 4. The standard InChI is InChI=1S/C7H3Cl2F3O/c8-7(9)5(11)3(2-13)1-4(10)6(7)12/h1-2,5H. The van der Waals surface area contributed by atoms with E-state index in [1.165, 1.54) is 0 Å². The van der Waals surface area contributed by atoms with Crippen LogP contribution in [0.2, 0.25) is 0 Å². The number of aldehydes is 1. The summed E-state index contributed by atoms with van der Waals surface area (Å²) >= 11 is 10.3. The van der Waals surface area contributed by atoms with Crippen molar-refractivity contribution in [3.05, 3.63) is 23.3 Å². The van der Waals surface area contributed by atoms with Crippen LogP contribution in [-0.4, -0.2) is 16.8 Å². The van der Waals surface area contributed by atoms with Crippen LogP contribution in [0, 0.1) is 0 Å². The lowest BCUT2D eigenvalue weighted by atomic mass is 10.0. The molecule has 1 aliphatic carbocycles. The Hall–Kier alpha value is -0.480. The van der Waals surface area contributed by atoms with Gasteiger partial charge in [-0.05, 0) is 6.08 Å². The summed E-state index contributed by atoms with van der Waals surface area (Å²) in [5, 5.41) is 0. The Kier molecular flexibility index (Phi) is 2.73. The predicted octanol–water partition coefficient (Wildman–Crippen LogP) is 2.79. The van der Waals surface area contributed by atoms with Gasteiger partial charge in [-0.2, -0.15) is 0 Å². The third-order valence-electron chi connectivity index (χ3n) is 1.54. The van der Waals surface area contributed by atoms with Crippen LogP contribution in [0.4, 0.5) is 13.2 Å². The SMILES string of the molecule is O=CC1=CC(F)=C(F)C(Cl)(Cl)C1F. The summed E-state index contributed by atoms with van der Waals surface area (Å²) in [6.45, 7) is 0. The second-order valence-electron chi connectivity index (χ2n) is 2.41. The molecule has 0 aliphatic heterocycles. The molecule has 1 unspecified atom stereocenters. The van der Waals surface area contributed by atoms with Crippen LogP contribution in [0.1, 0.15) is 0 Å². The van der Waals surface area contributed by atoms with Crippen LogP contribution in [0.25, 0.3) is 0 Å². The molecular formula is C7H3Cl2F3O. The summed E-state index contributed by atoms with van der Waals surface area (Å²) in [6, 6.07) is 0. The summed E-state index contributed by atoms with van der Waals surface area (Å²) in [4.78, 5) is 10.2. The first-order chi connectivity index (χ1) is 5.91. The molecule has 1 rings (SSSR count). The highest BCUT2D eigenvalue weighted by Crippen LogP contribution is 2.44. The predicted molar refractivity (Wildman–Crippen MR) is 42.7 cm³/mol. The van der Waals surface area contributed by atoms with Gasteiger partial charge in [-0.25, -0.2) is 13.2 Å². The maximum atomic E-state index is 13.0. The average Bonchev–Trinajstić information content (AvgIpc) is 2.09. The summed E-state index contributed by atoms with van der Waals surface area (Å²) < 4.78 is 35.8. The second-order valence-corrected chi connectivity index (χ2v) is 3.80. The number of halogens is 5. The number of rotatable bonds is 1. The average molecular weight is 231 g/mol. The summed E-state index contributed by atoms with van der Waals surface area (Å²) in [7, 11) is 0. The van der Waals surface area contributed by atoms with E-state index in [0.29, 0.717) is 6.08 Å². The van der Waals surface area contributed by atoms with Gasteiger partial charge in [0.15, 0.2) is 17.8 Å². The van der Waals surface area contributed by atoms with E-state index >= 15 is 0 Å². The molecule has 0 amide bonds. The maximum absolute atomic E-state index is 13.0. The van der Waals surface area contributed by atoms with Crippen LogP contribution in [0.5, 0.6) is 0 Å². The molecule has 1 nitrogen and oxygen atoms in total. The Labute approximate surface area is 81.8 Å². The van der Waals surface area contributed by atoms with Crippen LogP contribution < -0.4 is 0 Å². The quantitative estimate of drug-likeness (QED) is 0.500. The number of alkyl halides is 3. The van der Waals surface area contributed by atoms with Crippen LogP contribution in [0.3, 0.4) is 0 Å². The Balaban J connectivity index is 3.24. The molecule has 0 saturated heterocycles. The van der Waals surface area contributed by atoms with Crippen LogP contribution in [-0.2, 0) is 4.79 Å². The van der Waals surface area contributed by atoms with Gasteiger partial charge in [0.2, 0.25) is 4.33 Å². The van der Waals surface area contributed by atoms with E-state index in [4.69, 9.17) is 23.2 Å². The molecule has 0 aromatic heterocycles. The highest BCUT2D eigenvalue weighted by Gasteiger charge is 2.46. The van der Waals surface area contributed by atoms with Crippen molar-refractivity contribution >= 4 is 29.5 Å². The fraction of sp³-hybridized carbons (Fsp3) is 0.286. The van der Waals surface area contributed by atoms with Crippen LogP contribution >= 0.6 is 23.2 Å². The lowest BCUT2D eigenvalue weighted by Gasteiger charge is -2.25. The number of carbonyl (C=O) groups excluding carboxylic acids is 1. The number of carbonyl (C=O) groups is 1. The minimum Gasteiger partial charge on any atom is -0.298 e. The zero-order valence-electron chi connectivity index (χ0n) is 6.03. The van der Waals surface area contributed by atoms with Gasteiger partial charge < -0.3 is 0 Å². The summed E-state index contributed by atoms with van der Waals surface area (Å²) in [6.07, 6.45) is -1.79. The smallest absolute Gasteiger partial charge is 0.207 e. The van der Waals surface area contributed by atoms with Gasteiger partial charge in [0.05, 0.1) is 0 Å². The van der Waals surface area contributed by atoms with E-state index in [9.17, 15) is 18.0 Å². The van der Waals surface area contributed by atoms with Crippen LogP contribution in [0.15, 0.2) is 23.3 Å². The van der Waals surface area contributed by atoms with E-state index in [1.54, 1.807) is 0 Å². The molecular weight excluding hydrogens is 228 g/mol. The third-order valence-corrected chi connectivity index (χ3v) is 2.26. The Morgan fingerprint density at radius 1 is 1.46 bits per heavy atom. The largest absolute Gasteiger partial charge is 0.298 e. The van der Waals surface area contributed by atoms with Gasteiger partial charge >= 0.3 is 0 Å². The van der Waals surface area contributed by atoms with Gasteiger partial charge in [0, 0.05) is 5.57 Å². The molecule has 1 atom stereocenters. The minimum atomic E-state index is -2.64. The zero-order chi connectivity index (χ0) is 10.2. The van der Waals surface area contributed by atoms with Crippen molar-refractivity contribution in [2.45, 2.75) is 10.5 Å². The van der Waals surface area contributed by atoms with Crippen molar-refractivity contribution in [1.82, 2.24) is 0 Å². The number of hydrogen-bond acceptors (Lipinski definition) is 1. The number of hydrogen-bond donors (Lipinski definition) is 0. The summed E-state index contributed by atoms with van der Waals surface area (Å²) in [5.74, 6) is -3.05. The zero-order valence-corrected chi connectivity index (χ0v) is 7.54. The summed E-state index contributed by atoms with van der Waals surface area (Å²) in [5.41, 5.74) is -0.621. The van der Waals surface area contributed by atoms with Gasteiger partial charge in [-0.3, -0.25) is 4.79 Å². The molecule has 6 heteroatoms. The molecule has 0 aromatic carbocycles. The van der Waals surface area contributed by atoms with Gasteiger partial charge in [0.1, 0.15) is 6.29 Å². The van der Waals surface area contributed by atoms with E-state index in [-0.39, 0.29) is 6.29 Å². The second kappa shape index (κ2) is 3.35. The van der Waals surface area contributed by atoms with Crippen molar-refractivity contribution in [1.29, 1.82) is 0 Å². The molecule has 0 aromatic rings. The molecule has 0 fully saturated rings. The lowest BCUT2D eigenvalue weighted by Crippen LogP contribution is -2.33. The van der Waals surface area contributed by atoms with E-state index < -0.39 is 27.7 Å². The molecule has 1 aliphatic rings. The van der Waals surface area contributed by atoms with Crippen molar-refractivity contribution in [2.75, 3.05) is 0 Å².